The second kappa shape index (κ2) is 10.6. The van der Waals surface area contributed by atoms with E-state index in [0.717, 1.165) is 62.6 Å². The molecule has 3 aliphatic rings. The van der Waals surface area contributed by atoms with E-state index in [1.54, 1.807) is 20.3 Å². The Hall–Kier alpha value is -2.96. The Morgan fingerprint density at radius 1 is 0.944 bits per heavy atom. The number of hydrogen-bond acceptors (Lipinski definition) is 5. The summed E-state index contributed by atoms with van der Waals surface area (Å²) in [6.07, 6.45) is 10.9. The molecule has 2 aromatic rings. The van der Waals surface area contributed by atoms with Gasteiger partial charge in [0.1, 0.15) is 5.82 Å². The molecule has 6 nitrogen and oxygen atoms in total. The van der Waals surface area contributed by atoms with Gasteiger partial charge in [-0.2, -0.15) is 0 Å². The SMILES string of the molecule is COc1cccc(C2(C(C(=O)NC3CCCCC3)C3CCCCC3)Nc3ccc(F)cc3N2)c1OC. The van der Waals surface area contributed by atoms with Crippen LogP contribution in [0.5, 0.6) is 11.5 Å². The number of anilines is 2. The summed E-state index contributed by atoms with van der Waals surface area (Å²) in [7, 11) is 3.23. The Morgan fingerprint density at radius 3 is 2.33 bits per heavy atom. The standard InChI is InChI=1S/C29H38FN3O3/c1-35-25-15-9-14-22(27(25)36-2)29(32-23-17-16-20(30)18-24(23)33-29)26(19-10-5-3-6-11-19)28(34)31-21-12-7-4-8-13-21/h9,14-19,21,26,32-33H,3-8,10-13H2,1-2H3,(H,31,34). The molecule has 7 heteroatoms. The number of hydrogen-bond donors (Lipinski definition) is 3. The van der Waals surface area contributed by atoms with Gasteiger partial charge in [-0.15, -0.1) is 0 Å². The molecule has 0 aromatic heterocycles. The van der Waals surface area contributed by atoms with Crippen LogP contribution in [0.2, 0.25) is 0 Å². The first-order valence-corrected chi connectivity index (χ1v) is 13.4. The van der Waals surface area contributed by atoms with Crippen molar-refractivity contribution in [2.24, 2.45) is 11.8 Å². The predicted octanol–water partition coefficient (Wildman–Crippen LogP) is 6.18. The summed E-state index contributed by atoms with van der Waals surface area (Å²) < 4.78 is 25.8. The molecule has 1 amide bonds. The number of methoxy groups -OCH3 is 2. The second-order valence-electron chi connectivity index (χ2n) is 10.5. The largest absolute Gasteiger partial charge is 0.493 e. The van der Waals surface area contributed by atoms with Gasteiger partial charge in [0.05, 0.1) is 31.5 Å². The summed E-state index contributed by atoms with van der Waals surface area (Å²) in [5.74, 6) is 0.618. The molecule has 194 valence electrons. The molecule has 2 aliphatic carbocycles. The minimum atomic E-state index is -1.02. The third-order valence-electron chi connectivity index (χ3n) is 8.29. The summed E-state index contributed by atoms with van der Waals surface area (Å²) >= 11 is 0. The average Bonchev–Trinajstić information content (AvgIpc) is 3.28. The van der Waals surface area contributed by atoms with Crippen molar-refractivity contribution in [3.05, 3.63) is 47.8 Å². The highest BCUT2D eigenvalue weighted by molar-refractivity contribution is 5.87. The van der Waals surface area contributed by atoms with Crippen LogP contribution in [0.3, 0.4) is 0 Å². The normalized spacial score (nSPS) is 23.2. The molecular formula is C29H38FN3O3. The molecule has 0 radical (unpaired) electrons. The summed E-state index contributed by atoms with van der Waals surface area (Å²) in [4.78, 5) is 14.3. The van der Waals surface area contributed by atoms with Crippen molar-refractivity contribution >= 4 is 17.3 Å². The van der Waals surface area contributed by atoms with Gasteiger partial charge in [-0.25, -0.2) is 4.39 Å². The highest BCUT2D eigenvalue weighted by atomic mass is 19.1. The van der Waals surface area contributed by atoms with E-state index >= 15 is 0 Å². The summed E-state index contributed by atoms with van der Waals surface area (Å²) in [5, 5.41) is 10.7. The second-order valence-corrected chi connectivity index (χ2v) is 10.5. The van der Waals surface area contributed by atoms with Crippen molar-refractivity contribution in [1.82, 2.24) is 5.32 Å². The Kier molecular flexibility index (Phi) is 7.26. The minimum Gasteiger partial charge on any atom is -0.493 e. The zero-order chi connectivity index (χ0) is 25.1. The topological polar surface area (TPSA) is 71.6 Å². The van der Waals surface area contributed by atoms with Crippen LogP contribution in [-0.4, -0.2) is 26.2 Å². The lowest BCUT2D eigenvalue weighted by atomic mass is 9.70. The number of fused-ring (bicyclic) bond motifs is 1. The number of halogens is 1. The van der Waals surface area contributed by atoms with Crippen molar-refractivity contribution < 1.29 is 18.7 Å². The van der Waals surface area contributed by atoms with Crippen molar-refractivity contribution in [3.8, 4) is 11.5 Å². The number of nitrogens with one attached hydrogen (secondary N) is 3. The zero-order valence-corrected chi connectivity index (χ0v) is 21.4. The fourth-order valence-electron chi connectivity index (χ4n) is 6.61. The van der Waals surface area contributed by atoms with Crippen LogP contribution in [0.4, 0.5) is 15.8 Å². The van der Waals surface area contributed by atoms with Crippen LogP contribution in [0.25, 0.3) is 0 Å². The highest BCUT2D eigenvalue weighted by Crippen LogP contribution is 2.52. The van der Waals surface area contributed by atoms with Crippen molar-refractivity contribution in [3.63, 3.8) is 0 Å². The van der Waals surface area contributed by atoms with Gasteiger partial charge in [0.25, 0.3) is 0 Å². The first-order chi connectivity index (χ1) is 17.6. The third-order valence-corrected chi connectivity index (χ3v) is 8.29. The van der Waals surface area contributed by atoms with E-state index in [2.05, 4.69) is 16.0 Å². The Morgan fingerprint density at radius 2 is 1.64 bits per heavy atom. The van der Waals surface area contributed by atoms with Gasteiger partial charge in [-0.1, -0.05) is 50.7 Å². The van der Waals surface area contributed by atoms with Crippen LogP contribution in [0.1, 0.15) is 69.8 Å². The van der Waals surface area contributed by atoms with Crippen LogP contribution in [0.15, 0.2) is 36.4 Å². The molecule has 3 N–H and O–H groups in total. The molecule has 1 heterocycles. The lowest BCUT2D eigenvalue weighted by molar-refractivity contribution is -0.130. The molecule has 36 heavy (non-hydrogen) atoms. The van der Waals surface area contributed by atoms with E-state index in [9.17, 15) is 9.18 Å². The first kappa shape index (κ1) is 24.7. The van der Waals surface area contributed by atoms with E-state index in [0.29, 0.717) is 17.2 Å². The molecule has 1 aliphatic heterocycles. The first-order valence-electron chi connectivity index (χ1n) is 13.4. The average molecular weight is 496 g/mol. The van der Waals surface area contributed by atoms with Gasteiger partial charge in [0, 0.05) is 11.6 Å². The summed E-state index contributed by atoms with van der Waals surface area (Å²) in [6, 6.07) is 10.6. The highest BCUT2D eigenvalue weighted by Gasteiger charge is 2.53. The maximum atomic E-state index is 14.3. The maximum absolute atomic E-state index is 14.3. The van der Waals surface area contributed by atoms with Crippen LogP contribution < -0.4 is 25.4 Å². The third kappa shape index (κ3) is 4.60. The fraction of sp³-hybridized carbons (Fsp3) is 0.552. The molecule has 5 rings (SSSR count). The lowest BCUT2D eigenvalue weighted by Crippen LogP contribution is -2.57. The van der Waals surface area contributed by atoms with E-state index in [1.165, 1.54) is 25.0 Å². The van der Waals surface area contributed by atoms with Gasteiger partial charge in [-0.05, 0) is 55.9 Å². The molecular weight excluding hydrogens is 457 g/mol. The smallest absolute Gasteiger partial charge is 0.228 e. The monoisotopic (exact) mass is 495 g/mol. The molecule has 2 aromatic carbocycles. The molecule has 0 bridgehead atoms. The number of benzene rings is 2. The van der Waals surface area contributed by atoms with E-state index in [-0.39, 0.29) is 23.7 Å². The Bertz CT molecular complexity index is 1080. The number of para-hydroxylation sites is 1. The summed E-state index contributed by atoms with van der Waals surface area (Å²) in [6.45, 7) is 0. The van der Waals surface area contributed by atoms with Gasteiger partial charge >= 0.3 is 0 Å². The van der Waals surface area contributed by atoms with Gasteiger partial charge < -0.3 is 25.4 Å². The van der Waals surface area contributed by atoms with Gasteiger partial charge in [0.15, 0.2) is 17.2 Å². The minimum absolute atomic E-state index is 0.0481. The van der Waals surface area contributed by atoms with Gasteiger partial charge in [0.2, 0.25) is 5.91 Å². The predicted molar refractivity (Wildman–Crippen MR) is 140 cm³/mol. The van der Waals surface area contributed by atoms with Crippen LogP contribution >= 0.6 is 0 Å². The molecule has 2 unspecified atom stereocenters. The number of ether oxygens (including phenoxy) is 2. The maximum Gasteiger partial charge on any atom is 0.228 e. The van der Waals surface area contributed by atoms with Crippen molar-refractivity contribution in [1.29, 1.82) is 0 Å². The molecule has 0 saturated heterocycles. The lowest BCUT2D eigenvalue weighted by Gasteiger charge is -2.44. The molecule has 0 spiro atoms. The van der Waals surface area contributed by atoms with Crippen LogP contribution in [0, 0.1) is 17.7 Å². The number of rotatable bonds is 7. The van der Waals surface area contributed by atoms with E-state index < -0.39 is 11.6 Å². The molecule has 2 saturated carbocycles. The molecule has 2 fully saturated rings. The number of amides is 1. The summed E-state index contributed by atoms with van der Waals surface area (Å²) in [5.41, 5.74) is 1.19. The van der Waals surface area contributed by atoms with Crippen LogP contribution in [-0.2, 0) is 10.5 Å². The zero-order valence-electron chi connectivity index (χ0n) is 21.4. The Balaban J connectivity index is 1.64. The van der Waals surface area contributed by atoms with Crippen molar-refractivity contribution in [2.45, 2.75) is 75.9 Å². The number of carbonyl (C=O) groups excluding carboxylic acids is 1. The van der Waals surface area contributed by atoms with E-state index in [1.807, 2.05) is 18.2 Å². The number of carbonyl (C=O) groups is 1. The fourth-order valence-corrected chi connectivity index (χ4v) is 6.61. The molecule has 2 atom stereocenters. The van der Waals surface area contributed by atoms with Crippen molar-refractivity contribution in [2.75, 3.05) is 24.9 Å². The Labute approximate surface area is 213 Å². The van der Waals surface area contributed by atoms with Gasteiger partial charge in [-0.3, -0.25) is 4.79 Å². The quantitative estimate of drug-likeness (QED) is 0.428. The van der Waals surface area contributed by atoms with E-state index in [4.69, 9.17) is 9.47 Å².